The first-order valence-corrected chi connectivity index (χ1v) is 3.49. The fourth-order valence-electron chi connectivity index (χ4n) is 0.241. The average Bonchev–Trinajstić information content (AvgIpc) is 1.62. The smallest absolute Gasteiger partial charge is 0.0524 e. The summed E-state index contributed by atoms with van der Waals surface area (Å²) in [5.74, 6) is 0. The van der Waals surface area contributed by atoms with Gasteiger partial charge in [0, 0.05) is 0 Å². The van der Waals surface area contributed by atoms with E-state index in [-0.39, 0.29) is 17.1 Å². The number of hydrogen-bond donors (Lipinski definition) is 2. The molecule has 0 aliphatic rings. The van der Waals surface area contributed by atoms with Gasteiger partial charge < -0.3 is 26.7 Å². The zero-order chi connectivity index (χ0) is 8.57. The Bertz CT molecular complexity index is 57.9. The lowest BCUT2D eigenvalue weighted by molar-refractivity contribution is 0.187. The average molecular weight is 184 g/mol. The Morgan fingerprint density at radius 3 is 1.50 bits per heavy atom. The Hall–Kier alpha value is -0.200. The highest BCUT2D eigenvalue weighted by Crippen LogP contribution is 1.81. The zero-order valence-corrected chi connectivity index (χ0v) is 8.46. The zero-order valence-electron chi connectivity index (χ0n) is 8.46. The van der Waals surface area contributed by atoms with Crippen LogP contribution in [-0.4, -0.2) is 54.8 Å². The normalized spacial score (nSPS) is 10.2. The van der Waals surface area contributed by atoms with Gasteiger partial charge in [-0.05, 0) is 41.0 Å². The maximum Gasteiger partial charge on any atom is 0.0524 e. The molecule has 1 unspecified atom stereocenters. The van der Waals surface area contributed by atoms with Gasteiger partial charge in [0.2, 0.25) is 0 Å². The van der Waals surface area contributed by atoms with Crippen LogP contribution in [0.15, 0.2) is 0 Å². The maximum atomic E-state index is 8.47. The molecule has 80 valence electrons. The lowest BCUT2D eigenvalue weighted by Crippen LogP contribution is -2.08. The van der Waals surface area contributed by atoms with Crippen molar-refractivity contribution >= 4 is 0 Å². The summed E-state index contributed by atoms with van der Waals surface area (Å²) in [5, 5.41) is 8.47. The van der Waals surface area contributed by atoms with Gasteiger partial charge in [0.05, 0.1) is 6.10 Å². The molecule has 0 fully saturated rings. The summed E-state index contributed by atoms with van der Waals surface area (Å²) in [7, 11) is 6.00. The highest BCUT2D eigenvalue weighted by molar-refractivity contribution is 4.43. The van der Waals surface area contributed by atoms with Crippen LogP contribution < -0.4 is 5.73 Å². The van der Waals surface area contributed by atoms with Crippen molar-refractivity contribution < 1.29 is 16.1 Å². The van der Waals surface area contributed by atoms with Crippen molar-refractivity contribution in [1.29, 1.82) is 0 Å². The summed E-state index contributed by atoms with van der Waals surface area (Å²) in [4.78, 5) is 2.00. The van der Waals surface area contributed by atoms with Gasteiger partial charge in [-0.15, -0.1) is 0 Å². The standard InChI is InChI=1S/C4H11NO.C3H9N.2H2O/c1-4(6)2-3-5;1-4(2)3;;/h4,6H,2-3,5H2,1H3;1-3H3;2*1H2. The summed E-state index contributed by atoms with van der Waals surface area (Å²) < 4.78 is 0. The lowest BCUT2D eigenvalue weighted by atomic mass is 10.3. The third kappa shape index (κ3) is 96.8. The van der Waals surface area contributed by atoms with Gasteiger partial charge in [-0.1, -0.05) is 0 Å². The molecule has 0 aliphatic heterocycles. The number of aliphatic hydroxyl groups excluding tert-OH is 1. The van der Waals surface area contributed by atoms with Crippen molar-refractivity contribution in [3.63, 3.8) is 0 Å². The molecule has 5 nitrogen and oxygen atoms in total. The molecule has 0 bridgehead atoms. The predicted molar refractivity (Wildman–Crippen MR) is 52.2 cm³/mol. The molecule has 0 aliphatic carbocycles. The van der Waals surface area contributed by atoms with E-state index in [1.54, 1.807) is 6.92 Å². The third-order valence-corrected chi connectivity index (χ3v) is 0.584. The van der Waals surface area contributed by atoms with Crippen LogP contribution in [0.5, 0.6) is 0 Å². The SMILES string of the molecule is CC(O)CCN.CN(C)C.O.O. The van der Waals surface area contributed by atoms with Gasteiger partial charge in [0.1, 0.15) is 0 Å². The molecule has 1 atom stereocenters. The first-order valence-electron chi connectivity index (χ1n) is 3.49. The second-order valence-electron chi connectivity index (χ2n) is 2.77. The van der Waals surface area contributed by atoms with E-state index in [1.165, 1.54) is 0 Å². The molecule has 0 radical (unpaired) electrons. The Balaban J connectivity index is -0.0000000483. The van der Waals surface area contributed by atoms with Gasteiger partial charge in [0.25, 0.3) is 0 Å². The first-order chi connectivity index (χ1) is 4.50. The molecule has 0 spiro atoms. The molecular weight excluding hydrogens is 160 g/mol. The molecule has 0 heterocycles. The molecule has 0 amide bonds. The molecule has 5 heteroatoms. The van der Waals surface area contributed by atoms with Gasteiger partial charge >= 0.3 is 0 Å². The van der Waals surface area contributed by atoms with Crippen LogP contribution in [0.2, 0.25) is 0 Å². The summed E-state index contributed by atoms with van der Waals surface area (Å²) in [6.07, 6.45) is 0.481. The summed E-state index contributed by atoms with van der Waals surface area (Å²) in [6, 6.07) is 0. The molecule has 0 saturated carbocycles. The fourth-order valence-corrected chi connectivity index (χ4v) is 0.241. The van der Waals surface area contributed by atoms with Crippen molar-refractivity contribution in [3.05, 3.63) is 0 Å². The molecule has 0 aromatic rings. The minimum absolute atomic E-state index is 0. The summed E-state index contributed by atoms with van der Waals surface area (Å²) in [5.41, 5.74) is 5.07. The maximum absolute atomic E-state index is 8.47. The Morgan fingerprint density at radius 2 is 1.50 bits per heavy atom. The van der Waals surface area contributed by atoms with Gasteiger partial charge in [0.15, 0.2) is 0 Å². The molecule has 0 aromatic heterocycles. The van der Waals surface area contributed by atoms with Gasteiger partial charge in [-0.3, -0.25) is 0 Å². The van der Waals surface area contributed by atoms with Crippen molar-refractivity contribution in [2.24, 2.45) is 5.73 Å². The third-order valence-electron chi connectivity index (χ3n) is 0.584. The monoisotopic (exact) mass is 184 g/mol. The van der Waals surface area contributed by atoms with Gasteiger partial charge in [-0.2, -0.15) is 0 Å². The number of nitrogens with zero attached hydrogens (tertiary/aromatic N) is 1. The van der Waals surface area contributed by atoms with E-state index >= 15 is 0 Å². The van der Waals surface area contributed by atoms with E-state index in [9.17, 15) is 0 Å². The number of hydrogen-bond acceptors (Lipinski definition) is 3. The van der Waals surface area contributed by atoms with E-state index in [0.29, 0.717) is 13.0 Å². The van der Waals surface area contributed by atoms with Crippen molar-refractivity contribution in [2.75, 3.05) is 27.7 Å². The highest BCUT2D eigenvalue weighted by atomic mass is 16.3. The Labute approximate surface area is 74.8 Å². The van der Waals surface area contributed by atoms with E-state index in [1.807, 2.05) is 26.0 Å². The van der Waals surface area contributed by atoms with Crippen LogP contribution in [0.25, 0.3) is 0 Å². The summed E-state index contributed by atoms with van der Waals surface area (Å²) in [6.45, 7) is 2.31. The van der Waals surface area contributed by atoms with E-state index in [2.05, 4.69) is 0 Å². The van der Waals surface area contributed by atoms with E-state index in [4.69, 9.17) is 10.8 Å². The topological polar surface area (TPSA) is 112 Å². The molecule has 0 rings (SSSR count). The van der Waals surface area contributed by atoms with Crippen LogP contribution in [-0.2, 0) is 0 Å². The van der Waals surface area contributed by atoms with Crippen LogP contribution >= 0.6 is 0 Å². The predicted octanol–water partition coefficient (Wildman–Crippen LogP) is -1.76. The molecule has 0 aromatic carbocycles. The van der Waals surface area contributed by atoms with E-state index < -0.39 is 0 Å². The van der Waals surface area contributed by atoms with Crippen molar-refractivity contribution in [3.8, 4) is 0 Å². The second kappa shape index (κ2) is 17.0. The van der Waals surface area contributed by atoms with Crippen molar-refractivity contribution in [2.45, 2.75) is 19.4 Å². The fraction of sp³-hybridized carbons (Fsp3) is 1.00. The highest BCUT2D eigenvalue weighted by Gasteiger charge is 1.87. The van der Waals surface area contributed by atoms with Gasteiger partial charge in [-0.25, -0.2) is 0 Å². The van der Waals surface area contributed by atoms with E-state index in [0.717, 1.165) is 0 Å². The van der Waals surface area contributed by atoms with Crippen molar-refractivity contribution in [1.82, 2.24) is 4.90 Å². The first kappa shape index (κ1) is 22.6. The van der Waals surface area contributed by atoms with Crippen LogP contribution in [0, 0.1) is 0 Å². The number of aliphatic hydroxyl groups is 1. The molecule has 12 heavy (non-hydrogen) atoms. The van der Waals surface area contributed by atoms with Crippen LogP contribution in [0.4, 0.5) is 0 Å². The molecule has 7 N–H and O–H groups in total. The van der Waals surface area contributed by atoms with Crippen LogP contribution in [0.1, 0.15) is 13.3 Å². The summed E-state index contributed by atoms with van der Waals surface area (Å²) >= 11 is 0. The Morgan fingerprint density at radius 1 is 1.25 bits per heavy atom. The minimum atomic E-state index is -0.227. The molecular formula is C7H24N2O3. The largest absolute Gasteiger partial charge is 0.412 e. The Kier molecular flexibility index (Phi) is 32.1. The lowest BCUT2D eigenvalue weighted by Gasteiger charge is -1.95. The quantitative estimate of drug-likeness (QED) is 0.530. The number of nitrogens with two attached hydrogens (primary N) is 1. The van der Waals surface area contributed by atoms with Crippen LogP contribution in [0.3, 0.4) is 0 Å². The minimum Gasteiger partial charge on any atom is -0.412 e. The number of rotatable bonds is 2. The second-order valence-corrected chi connectivity index (χ2v) is 2.77. The molecule has 0 saturated heterocycles.